The van der Waals surface area contributed by atoms with Gasteiger partial charge in [-0.1, -0.05) is 19.3 Å². The third-order valence-electron chi connectivity index (χ3n) is 2.57. The normalized spacial score (nSPS) is 20.4. The maximum absolute atomic E-state index is 11.9. The quantitative estimate of drug-likeness (QED) is 0.419. The van der Waals surface area contributed by atoms with Crippen LogP contribution < -0.4 is 15.4 Å². The fourth-order valence-electron chi connectivity index (χ4n) is 1.64. The average molecular weight is 304 g/mol. The van der Waals surface area contributed by atoms with E-state index >= 15 is 0 Å². The van der Waals surface area contributed by atoms with Crippen molar-refractivity contribution in [3.63, 3.8) is 0 Å². The van der Waals surface area contributed by atoms with Crippen molar-refractivity contribution in [2.24, 2.45) is 10.3 Å². The monoisotopic (exact) mass is 303 g/mol. The molecule has 1 saturated carbocycles. The van der Waals surface area contributed by atoms with Crippen LogP contribution in [-0.4, -0.2) is 10.8 Å². The molecule has 5 N–H and O–H groups in total. The fourth-order valence-corrected chi connectivity index (χ4v) is 4.05. The molecule has 0 aromatic rings. The van der Waals surface area contributed by atoms with Crippen molar-refractivity contribution in [3.05, 3.63) is 0 Å². The van der Waals surface area contributed by atoms with Crippen molar-refractivity contribution in [2.75, 3.05) is 0 Å². The van der Waals surface area contributed by atoms with Crippen LogP contribution >= 0.6 is 40.4 Å². The lowest BCUT2D eigenvalue weighted by Gasteiger charge is -2.30. The number of hydrogen-bond acceptors (Lipinski definition) is 6. The Labute approximate surface area is 108 Å². The second kappa shape index (κ2) is 5.98. The van der Waals surface area contributed by atoms with Gasteiger partial charge in [-0.05, 0) is 12.8 Å². The first-order valence-corrected chi connectivity index (χ1v) is 9.90. The Morgan fingerprint density at radius 3 is 2.19 bits per heavy atom. The third kappa shape index (κ3) is 3.55. The van der Waals surface area contributed by atoms with E-state index in [1.165, 1.54) is 0 Å². The highest BCUT2D eigenvalue weighted by Gasteiger charge is 2.40. The van der Waals surface area contributed by atoms with Gasteiger partial charge in [-0.2, -0.15) is 0 Å². The summed E-state index contributed by atoms with van der Waals surface area (Å²) in [6.45, 7) is 0. The number of amides is 1. The molecule has 1 aliphatic rings. The molecular weight excluding hydrogens is 289 g/mol. The van der Waals surface area contributed by atoms with Crippen LogP contribution in [0.15, 0.2) is 0 Å². The fraction of sp³-hybridized carbons (Fsp3) is 0.857. The summed E-state index contributed by atoms with van der Waals surface area (Å²) in [5, 5.41) is 12.8. The molecule has 1 fully saturated rings. The van der Waals surface area contributed by atoms with Gasteiger partial charge in [0.15, 0.2) is 0 Å². The largest absolute Gasteiger partial charge is 0.308 e. The molecular formula is C7H15ClN3O2PS2. The third-order valence-corrected chi connectivity index (χ3v) is 7.91. The van der Waals surface area contributed by atoms with E-state index < -0.39 is 16.5 Å². The van der Waals surface area contributed by atoms with E-state index in [-0.39, 0.29) is 0 Å². The van der Waals surface area contributed by atoms with Gasteiger partial charge in [0.2, 0.25) is 5.91 Å². The van der Waals surface area contributed by atoms with Crippen LogP contribution in [0.4, 0.5) is 0 Å². The minimum atomic E-state index is -3.14. The Morgan fingerprint density at radius 1 is 1.25 bits per heavy atom. The van der Waals surface area contributed by atoms with Crippen LogP contribution in [0.5, 0.6) is 0 Å². The number of nitrogens with two attached hydrogens (primary N) is 2. The maximum atomic E-state index is 11.9. The highest BCUT2D eigenvalue weighted by Crippen LogP contribution is 2.60. The predicted molar refractivity (Wildman–Crippen MR) is 71.0 cm³/mol. The number of nitrogens with one attached hydrogen (secondary N) is 1. The molecule has 0 saturated heterocycles. The van der Waals surface area contributed by atoms with E-state index in [9.17, 15) is 9.36 Å². The molecule has 0 unspecified atom stereocenters. The van der Waals surface area contributed by atoms with Crippen molar-refractivity contribution >= 4 is 46.3 Å². The van der Waals surface area contributed by atoms with E-state index in [0.717, 1.165) is 19.3 Å². The number of carbonyl (C=O) groups is 1. The lowest BCUT2D eigenvalue weighted by molar-refractivity contribution is -0.122. The van der Waals surface area contributed by atoms with Crippen LogP contribution in [-0.2, 0) is 9.36 Å². The molecule has 0 aliphatic heterocycles. The number of hydrogen-bond donors (Lipinski definition) is 3. The Morgan fingerprint density at radius 2 is 1.75 bits per heavy atom. The standard InChI is InChI=1S/C7H15ClN3O2PS2/c8-7(4-2-1-3-5-7)6(12)11-14(13,15-9)16-10/h1-5,9-10H2,(H,11,12,13). The summed E-state index contributed by atoms with van der Waals surface area (Å²) < 4.78 is 11.8. The lowest BCUT2D eigenvalue weighted by Crippen LogP contribution is -2.42. The molecule has 0 radical (unpaired) electrons. The zero-order valence-electron chi connectivity index (χ0n) is 8.65. The van der Waals surface area contributed by atoms with Gasteiger partial charge in [-0.25, -0.2) is 0 Å². The van der Waals surface area contributed by atoms with E-state index in [1.807, 2.05) is 0 Å². The van der Waals surface area contributed by atoms with Gasteiger partial charge in [0, 0.05) is 23.1 Å². The van der Waals surface area contributed by atoms with Crippen molar-refractivity contribution in [2.45, 2.75) is 37.0 Å². The summed E-state index contributed by atoms with van der Waals surface area (Å²) in [6.07, 6.45) is 4.10. The molecule has 5 nitrogen and oxygen atoms in total. The van der Waals surface area contributed by atoms with E-state index in [4.69, 9.17) is 21.9 Å². The number of rotatable bonds is 4. The molecule has 0 aromatic carbocycles. The molecule has 1 amide bonds. The van der Waals surface area contributed by atoms with Gasteiger partial charge >= 0.3 is 5.70 Å². The zero-order chi connectivity index (χ0) is 12.2. The first-order chi connectivity index (χ1) is 7.46. The average Bonchev–Trinajstić information content (AvgIpc) is 2.30. The molecule has 1 rings (SSSR count). The first kappa shape index (κ1) is 14.7. The van der Waals surface area contributed by atoms with Gasteiger partial charge in [0.25, 0.3) is 0 Å². The summed E-state index contributed by atoms with van der Waals surface area (Å²) in [5.41, 5.74) is -3.14. The molecule has 0 heterocycles. The predicted octanol–water partition coefficient (Wildman–Crippen LogP) is 2.37. The molecule has 0 bridgehead atoms. The summed E-state index contributed by atoms with van der Waals surface area (Å²) in [4.78, 5) is 11.0. The highest BCUT2D eigenvalue weighted by molar-refractivity contribution is 8.89. The molecule has 0 atom stereocenters. The SMILES string of the molecule is NSP(=O)(NC(=O)C1(Cl)CCCCC1)SN. The molecule has 94 valence electrons. The van der Waals surface area contributed by atoms with Gasteiger partial charge in [0.1, 0.15) is 4.87 Å². The summed E-state index contributed by atoms with van der Waals surface area (Å²) in [5.74, 6) is -0.423. The Balaban J connectivity index is 2.67. The molecule has 1 aliphatic carbocycles. The minimum absolute atomic E-state index is 0.423. The van der Waals surface area contributed by atoms with Crippen molar-refractivity contribution in [3.8, 4) is 0 Å². The van der Waals surface area contributed by atoms with Crippen LogP contribution in [0.1, 0.15) is 32.1 Å². The second-order valence-electron chi connectivity index (χ2n) is 3.68. The number of alkyl halides is 1. The summed E-state index contributed by atoms with van der Waals surface area (Å²) in [7, 11) is 0. The topological polar surface area (TPSA) is 98.2 Å². The van der Waals surface area contributed by atoms with Gasteiger partial charge in [0.05, 0.1) is 0 Å². The lowest BCUT2D eigenvalue weighted by atomic mass is 9.88. The van der Waals surface area contributed by atoms with E-state index in [2.05, 4.69) is 5.09 Å². The van der Waals surface area contributed by atoms with Gasteiger partial charge in [-0.3, -0.25) is 24.7 Å². The number of carbonyl (C=O) groups excluding carboxylic acids is 1. The molecule has 0 spiro atoms. The van der Waals surface area contributed by atoms with E-state index in [1.54, 1.807) is 0 Å². The first-order valence-electron chi connectivity index (χ1n) is 4.84. The van der Waals surface area contributed by atoms with Gasteiger partial charge in [-0.15, -0.1) is 11.6 Å². The Kier molecular flexibility index (Phi) is 5.48. The summed E-state index contributed by atoms with van der Waals surface area (Å²) >= 11 is 7.34. The highest BCUT2D eigenvalue weighted by atomic mass is 35.5. The van der Waals surface area contributed by atoms with E-state index in [0.29, 0.717) is 36.0 Å². The molecule has 0 aromatic heterocycles. The number of halogens is 1. The smallest absolute Gasteiger partial charge is 0.287 e. The van der Waals surface area contributed by atoms with Crippen LogP contribution in [0.25, 0.3) is 0 Å². The second-order valence-corrected chi connectivity index (χ2v) is 11.1. The molecule has 9 heteroatoms. The van der Waals surface area contributed by atoms with Crippen molar-refractivity contribution in [1.29, 1.82) is 0 Å². The molecule has 16 heavy (non-hydrogen) atoms. The maximum Gasteiger partial charge on any atom is 0.308 e. The Bertz CT molecular complexity index is 304. The minimum Gasteiger partial charge on any atom is -0.287 e. The summed E-state index contributed by atoms with van der Waals surface area (Å²) in [6, 6.07) is 0. The van der Waals surface area contributed by atoms with Crippen LogP contribution in [0, 0.1) is 0 Å². The van der Waals surface area contributed by atoms with Crippen molar-refractivity contribution < 1.29 is 9.36 Å². The Hall–Kier alpha value is 0.610. The van der Waals surface area contributed by atoms with Crippen LogP contribution in [0.2, 0.25) is 0 Å². The van der Waals surface area contributed by atoms with Gasteiger partial charge < -0.3 is 0 Å². The zero-order valence-corrected chi connectivity index (χ0v) is 11.9. The van der Waals surface area contributed by atoms with Crippen LogP contribution in [0.3, 0.4) is 0 Å². The van der Waals surface area contributed by atoms with Crippen molar-refractivity contribution in [1.82, 2.24) is 5.09 Å².